The number of nitrogens with zero attached hydrogens (tertiary/aromatic N) is 2. The molecule has 3 amide bonds. The first-order valence-electron chi connectivity index (χ1n) is 13.6. The number of hydrogen-bond acceptors (Lipinski definition) is 4. The Morgan fingerprint density at radius 2 is 1.83 bits per heavy atom. The van der Waals surface area contributed by atoms with Crippen LogP contribution < -0.4 is 5.32 Å². The molecule has 1 aromatic rings. The molecule has 3 aliphatic rings. The van der Waals surface area contributed by atoms with Crippen molar-refractivity contribution in [2.75, 3.05) is 13.0 Å². The van der Waals surface area contributed by atoms with Gasteiger partial charge in [-0.25, -0.2) is 8.78 Å². The molecule has 3 heterocycles. The van der Waals surface area contributed by atoms with Gasteiger partial charge in [0.25, 0.3) is 5.91 Å². The van der Waals surface area contributed by atoms with Gasteiger partial charge in [0, 0.05) is 28.5 Å². The van der Waals surface area contributed by atoms with Gasteiger partial charge >= 0.3 is 0 Å². The maximum absolute atomic E-state index is 16.0. The van der Waals surface area contributed by atoms with E-state index < -0.39 is 95.8 Å². The van der Waals surface area contributed by atoms with Crippen LogP contribution in [0.3, 0.4) is 0 Å². The minimum atomic E-state index is -3.29. The predicted octanol–water partition coefficient (Wildman–Crippen LogP) is 2.70. The van der Waals surface area contributed by atoms with Gasteiger partial charge in [-0.1, -0.05) is 0 Å². The summed E-state index contributed by atoms with van der Waals surface area (Å²) in [6.07, 6.45) is -6.77. The molecule has 2 fully saturated rings. The fourth-order valence-electron chi connectivity index (χ4n) is 3.72. The third-order valence-electron chi connectivity index (χ3n) is 5.35. The smallest absolute Gasteiger partial charge is 0.258 e. The normalized spacial score (nSPS) is 34.4. The van der Waals surface area contributed by atoms with Gasteiger partial charge in [-0.05, 0) is 70.5 Å². The van der Waals surface area contributed by atoms with Crippen molar-refractivity contribution in [2.45, 2.75) is 70.4 Å². The van der Waals surface area contributed by atoms with E-state index in [9.17, 15) is 14.4 Å². The molecular formula is C22H27F2N3O3. The molecule has 0 saturated carbocycles. The Hall–Kier alpha value is -2.35. The van der Waals surface area contributed by atoms with Crippen molar-refractivity contribution < 1.29 is 34.1 Å². The highest BCUT2D eigenvalue weighted by Crippen LogP contribution is 2.38. The summed E-state index contributed by atoms with van der Waals surface area (Å²) in [5, 5.41) is 2.06. The molecule has 1 atom stereocenters. The average Bonchev–Trinajstić information content (AvgIpc) is 3.06. The van der Waals surface area contributed by atoms with Crippen molar-refractivity contribution in [3.8, 4) is 0 Å². The number of benzene rings is 1. The Balaban J connectivity index is 1.87. The van der Waals surface area contributed by atoms with Crippen LogP contribution >= 0.6 is 0 Å². The third-order valence-corrected chi connectivity index (χ3v) is 5.35. The third kappa shape index (κ3) is 3.51. The van der Waals surface area contributed by atoms with E-state index >= 15 is 8.78 Å². The van der Waals surface area contributed by atoms with Gasteiger partial charge < -0.3 is 4.90 Å². The molecule has 4 rings (SSSR count). The summed E-state index contributed by atoms with van der Waals surface area (Å²) in [7, 11) is 0. The number of imide groups is 1. The summed E-state index contributed by atoms with van der Waals surface area (Å²) < 4.78 is 100.0. The van der Waals surface area contributed by atoms with Gasteiger partial charge in [-0.3, -0.25) is 24.6 Å². The second-order valence-corrected chi connectivity index (χ2v) is 8.47. The highest BCUT2D eigenvalue weighted by molar-refractivity contribution is 6.05. The number of rotatable bonds is 2. The average molecular weight is 428 g/mol. The topological polar surface area (TPSA) is 69.7 Å². The SMILES string of the molecule is [2H]C1([2H])C(c2cc(F)c3c(c2F)CN([C@H]2CCC(=O)NC2=O)C3=O)C([2H])([2H])C([2H])([2H])N(C(C)(C)C)C1([2H])[2H]. The van der Waals surface area contributed by atoms with Crippen molar-refractivity contribution in [3.63, 3.8) is 0 Å². The van der Waals surface area contributed by atoms with Crippen LogP contribution in [0.1, 0.15) is 84.7 Å². The molecule has 6 nitrogen and oxygen atoms in total. The Morgan fingerprint density at radius 1 is 1.17 bits per heavy atom. The lowest BCUT2D eigenvalue weighted by atomic mass is 9.85. The maximum Gasteiger partial charge on any atom is 0.258 e. The molecule has 3 aliphatic heterocycles. The van der Waals surface area contributed by atoms with Crippen LogP contribution in [0, 0.1) is 11.6 Å². The number of carbonyl (C=O) groups excluding carboxylic acids is 3. The van der Waals surface area contributed by atoms with Crippen LogP contribution in [0.2, 0.25) is 0 Å². The van der Waals surface area contributed by atoms with E-state index in [1.807, 2.05) is 0 Å². The van der Waals surface area contributed by atoms with Crippen molar-refractivity contribution in [1.29, 1.82) is 0 Å². The molecular weight excluding hydrogens is 392 g/mol. The van der Waals surface area contributed by atoms with Crippen molar-refractivity contribution in [2.24, 2.45) is 0 Å². The number of piperidine rings is 2. The van der Waals surface area contributed by atoms with E-state index in [2.05, 4.69) is 5.32 Å². The van der Waals surface area contributed by atoms with E-state index in [4.69, 9.17) is 11.0 Å². The number of hydrogen-bond donors (Lipinski definition) is 1. The van der Waals surface area contributed by atoms with Crippen LogP contribution in [0.15, 0.2) is 6.07 Å². The van der Waals surface area contributed by atoms with Crippen molar-refractivity contribution in [3.05, 3.63) is 34.4 Å². The molecule has 0 radical (unpaired) electrons. The largest absolute Gasteiger partial charge is 0.322 e. The minimum Gasteiger partial charge on any atom is -0.322 e. The lowest BCUT2D eigenvalue weighted by molar-refractivity contribution is -0.136. The molecule has 1 aromatic carbocycles. The summed E-state index contributed by atoms with van der Waals surface area (Å²) in [6, 6.07) is -0.801. The summed E-state index contributed by atoms with van der Waals surface area (Å²) >= 11 is 0. The Labute approximate surface area is 185 Å². The first kappa shape index (κ1) is 13.1. The maximum atomic E-state index is 16.0. The van der Waals surface area contributed by atoms with Gasteiger partial charge in [0.15, 0.2) is 0 Å². The summed E-state index contributed by atoms with van der Waals surface area (Å²) in [5.41, 5.74) is -3.71. The van der Waals surface area contributed by atoms with Gasteiger partial charge in [0.1, 0.15) is 17.7 Å². The van der Waals surface area contributed by atoms with Gasteiger partial charge in [-0.15, -0.1) is 0 Å². The van der Waals surface area contributed by atoms with Crippen LogP contribution in [-0.4, -0.2) is 52.1 Å². The number of halogens is 2. The molecule has 30 heavy (non-hydrogen) atoms. The summed E-state index contributed by atoms with van der Waals surface area (Å²) in [4.78, 5) is 38.1. The van der Waals surface area contributed by atoms with Crippen LogP contribution in [-0.2, 0) is 16.1 Å². The predicted molar refractivity (Wildman–Crippen MR) is 106 cm³/mol. The van der Waals surface area contributed by atoms with E-state index in [1.165, 1.54) is 20.8 Å². The zero-order valence-corrected chi connectivity index (χ0v) is 16.7. The van der Waals surface area contributed by atoms with Crippen LogP contribution in [0.5, 0.6) is 0 Å². The number of fused-ring (bicyclic) bond motifs is 1. The zero-order chi connectivity index (χ0) is 29.0. The summed E-state index contributed by atoms with van der Waals surface area (Å²) in [6.45, 7) is -2.90. The molecule has 0 aromatic heterocycles. The van der Waals surface area contributed by atoms with Gasteiger partial charge in [-0.2, -0.15) is 0 Å². The van der Waals surface area contributed by atoms with Crippen molar-refractivity contribution in [1.82, 2.24) is 15.1 Å². The molecule has 2 saturated heterocycles. The molecule has 8 heteroatoms. The fraction of sp³-hybridized carbons (Fsp3) is 0.591. The van der Waals surface area contributed by atoms with E-state index in [0.717, 1.165) is 4.90 Å². The van der Waals surface area contributed by atoms with Gasteiger partial charge in [0.2, 0.25) is 11.8 Å². The number of carbonyl (C=O) groups is 3. The van der Waals surface area contributed by atoms with Crippen molar-refractivity contribution >= 4 is 17.7 Å². The quantitative estimate of drug-likeness (QED) is 0.737. The lowest BCUT2D eigenvalue weighted by Gasteiger charge is -2.41. The molecule has 162 valence electrons. The summed E-state index contributed by atoms with van der Waals surface area (Å²) in [5.74, 6) is -7.65. The molecule has 0 aliphatic carbocycles. The van der Waals surface area contributed by atoms with E-state index in [1.54, 1.807) is 0 Å². The highest BCUT2D eigenvalue weighted by Gasteiger charge is 2.43. The van der Waals surface area contributed by atoms with Gasteiger partial charge in [0.05, 0.1) is 12.1 Å². The minimum absolute atomic E-state index is 0.0860. The van der Waals surface area contributed by atoms with E-state index in [0.29, 0.717) is 11.0 Å². The molecule has 0 unspecified atom stereocenters. The second-order valence-electron chi connectivity index (χ2n) is 8.47. The Bertz CT molecular complexity index is 1220. The first-order chi connectivity index (χ1) is 17.1. The lowest BCUT2D eigenvalue weighted by Crippen LogP contribution is -2.52. The monoisotopic (exact) mass is 427 g/mol. The standard InChI is InChI=1S/C22H27F2N3O3/c1-22(2,3)26-8-6-12(7-9-26)13-10-15(23)18-14(19(13)24)11-27(21(18)30)16-4-5-17(28)25-20(16)29/h10,12,16H,4-9,11H2,1-3H3,(H,25,28,29)/t16-/m0/s1/i6D2,7D2,8D2,9D2. The van der Waals surface area contributed by atoms with Crippen LogP contribution in [0.4, 0.5) is 8.78 Å². The highest BCUT2D eigenvalue weighted by atomic mass is 19.1. The zero-order valence-electron chi connectivity index (χ0n) is 24.7. The van der Waals surface area contributed by atoms with Crippen LogP contribution in [0.25, 0.3) is 0 Å². The number of nitrogens with one attached hydrogen (secondary N) is 1. The molecule has 0 spiro atoms. The molecule has 1 N–H and O–H groups in total. The Morgan fingerprint density at radius 3 is 2.43 bits per heavy atom. The Kier molecular flexibility index (Phi) is 3.25. The first-order valence-corrected chi connectivity index (χ1v) is 9.56. The second kappa shape index (κ2) is 7.41. The molecule has 0 bridgehead atoms. The van der Waals surface area contributed by atoms with E-state index in [-0.39, 0.29) is 12.8 Å². The fourth-order valence-corrected chi connectivity index (χ4v) is 3.72. The number of likely N-dealkylation sites (tertiary alicyclic amines) is 1. The number of amides is 3.